The summed E-state index contributed by atoms with van der Waals surface area (Å²) in [4.78, 5) is 10.2. The van der Waals surface area contributed by atoms with Crippen molar-refractivity contribution in [2.45, 2.75) is 105 Å². The Bertz CT molecular complexity index is 5920. The predicted octanol–water partition coefficient (Wildman–Crippen LogP) is 26.2. The summed E-state index contributed by atoms with van der Waals surface area (Å²) in [6.07, 6.45) is 0. The van der Waals surface area contributed by atoms with E-state index in [1.807, 2.05) is 0 Å². The second-order valence-electron chi connectivity index (χ2n) is 33.4. The molecule has 0 unspecified atom stereocenters. The number of fused-ring (bicyclic) bond motifs is 11. The van der Waals surface area contributed by atoms with Crippen molar-refractivity contribution >= 4 is 135 Å². The van der Waals surface area contributed by atoms with Crippen LogP contribution in [0.3, 0.4) is 0 Å². The van der Waals surface area contributed by atoms with E-state index < -0.39 is 6.71 Å². The number of rotatable bonds is 11. The average Bonchev–Trinajstić information content (AvgIpc) is 1.65. The Morgan fingerprint density at radius 3 is 1.13 bits per heavy atom. The summed E-state index contributed by atoms with van der Waals surface area (Å²) in [5.74, 6) is 0. The van der Waals surface area contributed by atoms with E-state index in [1.54, 1.807) is 0 Å². The van der Waals surface area contributed by atoms with Gasteiger partial charge in [0.05, 0.1) is 39.2 Å². The van der Waals surface area contributed by atoms with Gasteiger partial charge in [-0.1, -0.05) is 289 Å². The van der Waals surface area contributed by atoms with Crippen LogP contribution in [-0.2, 0) is 21.7 Å². The monoisotopic (exact) mass is 1390 g/mol. The van der Waals surface area contributed by atoms with Gasteiger partial charge in [0.25, 0.3) is 6.71 Å². The van der Waals surface area contributed by atoms with Crippen LogP contribution in [0.5, 0.6) is 0 Å². The zero-order chi connectivity index (χ0) is 73.4. The Morgan fingerprint density at radius 2 is 0.673 bits per heavy atom. The third-order valence-corrected chi connectivity index (χ3v) is 22.4. The normalized spacial score (nSPS) is 13.0. The van der Waals surface area contributed by atoms with Crippen molar-refractivity contribution in [3.05, 3.63) is 338 Å². The molecule has 0 aliphatic carbocycles. The zero-order valence-electron chi connectivity index (χ0n) is 63.2. The van der Waals surface area contributed by atoms with E-state index in [0.29, 0.717) is 0 Å². The predicted molar refractivity (Wildman–Crippen MR) is 457 cm³/mol. The average molecular weight is 1390 g/mol. The SMILES string of the molecule is CC(C)(C)c1ccc(N(c2ccc(C(C)(C)C)cc2)c2ccc3c(c2)N(c2ccccc2-c2ccccc2)c2cc(-n4c5ccccc5c5ccccc54)cc4c2B3c2c(cc(N(c3ccc(C(C)(C)C)cc3)c3ccc(C(C)(C)C)cc3)c3c2oc2ccccc23)N4c2ccccc2-c2ccccc2)cc1. The topological polar surface area (TPSA) is 31.0 Å². The summed E-state index contributed by atoms with van der Waals surface area (Å²) < 4.78 is 10.4. The van der Waals surface area contributed by atoms with Crippen molar-refractivity contribution in [3.63, 3.8) is 0 Å². The van der Waals surface area contributed by atoms with E-state index in [0.717, 1.165) is 140 Å². The minimum atomic E-state index is -0.403. The molecule has 16 aromatic rings. The number of hydrogen-bond acceptors (Lipinski definition) is 5. The summed E-state index contributed by atoms with van der Waals surface area (Å²) in [6.45, 7) is 27.2. The summed E-state index contributed by atoms with van der Waals surface area (Å²) in [6, 6.07) is 119. The van der Waals surface area contributed by atoms with Crippen LogP contribution in [0.2, 0.25) is 0 Å². The first-order valence-corrected chi connectivity index (χ1v) is 37.8. The molecule has 0 radical (unpaired) electrons. The molecule has 107 heavy (non-hydrogen) atoms. The molecule has 0 N–H and O–H groups in total. The van der Waals surface area contributed by atoms with E-state index in [4.69, 9.17) is 4.42 Å². The fourth-order valence-electron chi connectivity index (χ4n) is 16.8. The lowest BCUT2D eigenvalue weighted by Crippen LogP contribution is -2.61. The number of benzene rings is 14. The van der Waals surface area contributed by atoms with E-state index in [9.17, 15) is 0 Å². The van der Waals surface area contributed by atoms with Crippen molar-refractivity contribution in [2.75, 3.05) is 19.6 Å². The number of nitrogens with zero attached hydrogens (tertiary/aromatic N) is 5. The van der Waals surface area contributed by atoms with Crippen molar-refractivity contribution in [2.24, 2.45) is 0 Å². The number of aromatic nitrogens is 1. The highest BCUT2D eigenvalue weighted by molar-refractivity contribution is 7.01. The Labute approximate surface area is 630 Å². The van der Waals surface area contributed by atoms with Crippen LogP contribution in [-0.4, -0.2) is 11.3 Å². The summed E-state index contributed by atoms with van der Waals surface area (Å²) in [7, 11) is 0. The minimum absolute atomic E-state index is 0.0459. The molecule has 7 heteroatoms. The largest absolute Gasteiger partial charge is 0.456 e. The number of anilines is 12. The smallest absolute Gasteiger partial charge is 0.257 e. The fourth-order valence-corrected chi connectivity index (χ4v) is 16.8. The van der Waals surface area contributed by atoms with E-state index >= 15 is 0 Å². The molecule has 0 spiro atoms. The van der Waals surface area contributed by atoms with Gasteiger partial charge in [0.2, 0.25) is 0 Å². The number of hydrogen-bond donors (Lipinski definition) is 0. The van der Waals surface area contributed by atoms with Gasteiger partial charge < -0.3 is 28.6 Å². The molecular weight excluding hydrogens is 1300 g/mol. The Hall–Kier alpha value is -12.1. The van der Waals surface area contributed by atoms with Gasteiger partial charge in [-0.05, 0) is 181 Å². The van der Waals surface area contributed by atoms with Gasteiger partial charge in [-0.25, -0.2) is 0 Å². The highest BCUT2D eigenvalue weighted by Gasteiger charge is 2.48. The van der Waals surface area contributed by atoms with Gasteiger partial charge in [-0.2, -0.15) is 0 Å². The van der Waals surface area contributed by atoms with E-state index in [-0.39, 0.29) is 21.7 Å². The quantitative estimate of drug-likeness (QED) is 0.120. The maximum Gasteiger partial charge on any atom is 0.257 e. The first kappa shape index (κ1) is 66.9. The van der Waals surface area contributed by atoms with Crippen molar-refractivity contribution in [3.8, 4) is 27.9 Å². The molecule has 0 saturated heterocycles. The second-order valence-corrected chi connectivity index (χ2v) is 33.4. The van der Waals surface area contributed by atoms with E-state index in [2.05, 4.69) is 423 Å². The van der Waals surface area contributed by atoms with Crippen molar-refractivity contribution in [1.29, 1.82) is 0 Å². The molecule has 2 aliphatic heterocycles. The summed E-state index contributed by atoms with van der Waals surface area (Å²) in [5.41, 5.74) is 30.3. The lowest BCUT2D eigenvalue weighted by atomic mass is 9.33. The standard InChI is InChI=1S/C100H88BN5O/c1-97(2,3)67-43-51-71(52-44-67)102(72-53-45-68(46-54-72)98(4,5)6)75-59-60-82-87(61-75)105(83-38-24-19-33-77(83)65-29-15-13-16-30-65)89-62-76(104-85-40-26-21-35-79(85)80-36-22-27-41-86(80)104)63-90-94(89)101(82)95-91(106(90)84-39-25-20-34-78(84)66-31-17-14-18-32-66)64-88(93-81-37-23-28-42-92(81)107-96(93)95)103(73-55-47-69(48-56-73)99(7,8)9)74-57-49-70(50-58-74)100(10,11)12/h13-64H,1-12H3. The van der Waals surface area contributed by atoms with Crippen LogP contribution < -0.4 is 36.0 Å². The third kappa shape index (κ3) is 11.4. The molecule has 522 valence electrons. The fraction of sp³-hybridized carbons (Fsp3) is 0.160. The molecule has 2 aromatic heterocycles. The van der Waals surface area contributed by atoms with Gasteiger partial charge in [0, 0.05) is 78.5 Å². The Kier molecular flexibility index (Phi) is 15.8. The molecule has 0 saturated carbocycles. The van der Waals surface area contributed by atoms with Gasteiger partial charge in [0.1, 0.15) is 11.2 Å². The Balaban J connectivity index is 1.02. The molecule has 0 amide bonds. The van der Waals surface area contributed by atoms with Gasteiger partial charge in [-0.3, -0.25) is 0 Å². The molecule has 0 atom stereocenters. The first-order valence-electron chi connectivity index (χ1n) is 37.8. The maximum atomic E-state index is 7.90. The molecule has 2 aliphatic rings. The van der Waals surface area contributed by atoms with Gasteiger partial charge in [-0.15, -0.1) is 0 Å². The molecule has 6 nitrogen and oxygen atoms in total. The second kappa shape index (κ2) is 25.3. The molecule has 0 fully saturated rings. The lowest BCUT2D eigenvalue weighted by Gasteiger charge is -2.45. The lowest BCUT2D eigenvalue weighted by molar-refractivity contribution is 0.590. The Morgan fingerprint density at radius 1 is 0.299 bits per heavy atom. The molecule has 14 aromatic carbocycles. The van der Waals surface area contributed by atoms with Crippen LogP contribution in [0, 0.1) is 0 Å². The van der Waals surface area contributed by atoms with Crippen molar-refractivity contribution in [1.82, 2.24) is 4.57 Å². The van der Waals surface area contributed by atoms with Crippen molar-refractivity contribution < 1.29 is 4.42 Å². The molecule has 0 bridgehead atoms. The minimum Gasteiger partial charge on any atom is -0.456 e. The molecule has 4 heterocycles. The first-order chi connectivity index (χ1) is 51.6. The third-order valence-electron chi connectivity index (χ3n) is 22.4. The molecular formula is C100H88BN5O. The van der Waals surface area contributed by atoms with Crippen LogP contribution >= 0.6 is 0 Å². The van der Waals surface area contributed by atoms with Crippen LogP contribution in [0.15, 0.2) is 320 Å². The number of para-hydroxylation sites is 5. The van der Waals surface area contributed by atoms with Crippen LogP contribution in [0.25, 0.3) is 71.7 Å². The highest BCUT2D eigenvalue weighted by atomic mass is 16.3. The zero-order valence-corrected chi connectivity index (χ0v) is 63.2. The van der Waals surface area contributed by atoms with Crippen LogP contribution in [0.4, 0.5) is 68.2 Å². The maximum absolute atomic E-state index is 7.90. The highest BCUT2D eigenvalue weighted by Crippen LogP contribution is 2.55. The summed E-state index contributed by atoms with van der Waals surface area (Å²) >= 11 is 0. The summed E-state index contributed by atoms with van der Waals surface area (Å²) in [5, 5.41) is 4.47. The molecule has 18 rings (SSSR count). The van der Waals surface area contributed by atoms with Gasteiger partial charge >= 0.3 is 0 Å². The van der Waals surface area contributed by atoms with Crippen LogP contribution in [0.1, 0.15) is 105 Å². The van der Waals surface area contributed by atoms with E-state index in [1.165, 1.54) is 38.5 Å². The number of furan rings is 1. The van der Waals surface area contributed by atoms with Gasteiger partial charge in [0.15, 0.2) is 0 Å².